The molecule has 0 saturated heterocycles. The zero-order valence-electron chi connectivity index (χ0n) is 15.4. The van der Waals surface area contributed by atoms with E-state index in [1.54, 1.807) is 7.89 Å². The summed E-state index contributed by atoms with van der Waals surface area (Å²) in [6.45, 7) is 30.6. The molecule has 1 atom stereocenters. The molecule has 0 bridgehead atoms. The molecule has 1 unspecified atom stereocenters. The molecule has 0 amide bonds. The van der Waals surface area contributed by atoms with Gasteiger partial charge in [-0.1, -0.05) is 99.3 Å². The van der Waals surface area contributed by atoms with E-state index >= 15 is 0 Å². The lowest BCUT2D eigenvalue weighted by atomic mass is 10.3. The minimum absolute atomic E-state index is 0.133. The van der Waals surface area contributed by atoms with Crippen LogP contribution in [0.2, 0.25) is 58.9 Å². The van der Waals surface area contributed by atoms with Gasteiger partial charge in [0.05, 0.1) is 23.9 Å². The molecular weight excluding hydrogens is 314 g/mol. The van der Waals surface area contributed by atoms with Gasteiger partial charge in [0.15, 0.2) is 0 Å². The Morgan fingerprint density at radius 2 is 1.05 bits per heavy atom. The Kier molecular flexibility index (Phi) is 6.57. The van der Waals surface area contributed by atoms with Crippen LogP contribution in [-0.2, 0) is 0 Å². The van der Waals surface area contributed by atoms with Gasteiger partial charge in [-0.05, 0) is 5.16 Å². The van der Waals surface area contributed by atoms with Crippen LogP contribution in [0, 0.1) is 0 Å². The first-order valence-electron chi connectivity index (χ1n) is 7.37. The Morgan fingerprint density at radius 3 is 1.21 bits per heavy atom. The van der Waals surface area contributed by atoms with Gasteiger partial charge < -0.3 is 0 Å². The van der Waals surface area contributed by atoms with Crippen molar-refractivity contribution < 1.29 is 0 Å². The Balaban J connectivity index is 5.91. The summed E-state index contributed by atoms with van der Waals surface area (Å²) < 4.78 is 2.02. The summed E-state index contributed by atoms with van der Waals surface area (Å²) in [5, 5.41) is 0.506. The van der Waals surface area contributed by atoms with Gasteiger partial charge >= 0.3 is 0 Å². The molecule has 0 saturated carbocycles. The fourth-order valence-corrected chi connectivity index (χ4v) is 38.1. The highest BCUT2D eigenvalue weighted by Gasteiger charge is 2.39. The summed E-state index contributed by atoms with van der Waals surface area (Å²) in [6.07, 6.45) is 0. The zero-order valence-corrected chi connectivity index (χ0v) is 20.2. The third kappa shape index (κ3) is 6.70. The maximum absolute atomic E-state index is 2.59. The van der Waals surface area contributed by atoms with Gasteiger partial charge in [-0.3, -0.25) is 0 Å². The lowest BCUT2D eigenvalue weighted by Gasteiger charge is -2.41. The van der Waals surface area contributed by atoms with Gasteiger partial charge in [0.25, 0.3) is 0 Å². The second-order valence-electron chi connectivity index (χ2n) is 9.60. The van der Waals surface area contributed by atoms with E-state index in [4.69, 9.17) is 0 Å². The molecule has 0 aliphatic rings. The molecule has 0 fully saturated rings. The first kappa shape index (κ1) is 20.3. The van der Waals surface area contributed by atoms with Crippen LogP contribution in [0.3, 0.4) is 0 Å². The van der Waals surface area contributed by atoms with Crippen molar-refractivity contribution in [3.05, 3.63) is 0 Å². The van der Waals surface area contributed by atoms with E-state index in [1.807, 2.05) is 4.54 Å². The van der Waals surface area contributed by atoms with Crippen molar-refractivity contribution >= 4 is 43.5 Å². The molecule has 0 aromatic rings. The van der Waals surface area contributed by atoms with Crippen molar-refractivity contribution in [2.45, 2.75) is 84.9 Å². The standard InChI is InChI=1S/C14H36P2Si3/c1-14(2,3)16(19(10,11)12)15-13(17(4,5)6)18(7,8)9/h1-12H3. The van der Waals surface area contributed by atoms with E-state index in [9.17, 15) is 0 Å². The van der Waals surface area contributed by atoms with Gasteiger partial charge in [0.1, 0.15) is 0 Å². The molecule has 0 aliphatic carbocycles. The number of rotatable bonds is 4. The first-order chi connectivity index (χ1) is 7.97. The zero-order chi connectivity index (χ0) is 15.9. The van der Waals surface area contributed by atoms with E-state index in [0.29, 0.717) is 5.16 Å². The molecule has 0 spiro atoms. The van der Waals surface area contributed by atoms with Crippen LogP contribution in [-0.4, -0.2) is 33.6 Å². The molecule has 19 heavy (non-hydrogen) atoms. The maximum atomic E-state index is 2.59. The van der Waals surface area contributed by atoms with Crippen LogP contribution in [0.4, 0.5) is 0 Å². The van der Waals surface area contributed by atoms with Gasteiger partial charge in [-0.25, -0.2) is 0 Å². The SMILES string of the molecule is CC(C)(C)P(P=C([Si](C)(C)C)[Si](C)(C)C)[Si](C)(C)C. The Hall–Kier alpha value is 1.25. The fraction of sp³-hybridized carbons (Fsp3) is 0.929. The largest absolute Gasteiger partial charge is 0.0894 e. The van der Waals surface area contributed by atoms with Crippen molar-refractivity contribution in [2.75, 3.05) is 0 Å². The minimum atomic E-state index is -1.14. The number of hydrogen-bond acceptors (Lipinski definition) is 0. The Labute approximate surface area is 128 Å². The highest BCUT2D eigenvalue weighted by atomic mass is 32.1. The minimum Gasteiger partial charge on any atom is -0.0894 e. The van der Waals surface area contributed by atoms with Crippen molar-refractivity contribution in [3.63, 3.8) is 0 Å². The molecule has 0 aromatic carbocycles. The van der Waals surface area contributed by atoms with E-state index in [1.165, 1.54) is 0 Å². The predicted molar refractivity (Wildman–Crippen MR) is 109 cm³/mol. The lowest BCUT2D eigenvalue weighted by molar-refractivity contribution is 0.798. The number of hydrogen-bond donors (Lipinski definition) is 0. The van der Waals surface area contributed by atoms with Crippen LogP contribution < -0.4 is 0 Å². The molecule has 0 nitrogen and oxygen atoms in total. The third-order valence-corrected chi connectivity index (χ3v) is 34.1. The predicted octanol–water partition coefficient (Wildman–Crippen LogP) is 6.89. The molecule has 0 heterocycles. The second-order valence-corrected chi connectivity index (χ2v) is 36.2. The van der Waals surface area contributed by atoms with E-state index in [0.717, 1.165) is 0 Å². The third-order valence-electron chi connectivity index (χ3n) is 2.89. The molecule has 0 aliphatic heterocycles. The summed E-state index contributed by atoms with van der Waals surface area (Å²) in [4.78, 5) is 0. The normalized spacial score (nSPS) is 16.6. The summed E-state index contributed by atoms with van der Waals surface area (Å²) in [5.74, 6) is 0. The monoisotopic (exact) mass is 350 g/mol. The van der Waals surface area contributed by atoms with Crippen LogP contribution in [0.5, 0.6) is 0 Å². The molecule has 5 heteroatoms. The van der Waals surface area contributed by atoms with Crippen molar-refractivity contribution in [3.8, 4) is 0 Å². The summed E-state index contributed by atoms with van der Waals surface area (Å²) in [7, 11) is -1.42. The van der Waals surface area contributed by atoms with Crippen LogP contribution in [0.15, 0.2) is 0 Å². The van der Waals surface area contributed by atoms with Crippen molar-refractivity contribution in [1.82, 2.24) is 0 Å². The molecule has 0 rings (SSSR count). The quantitative estimate of drug-likeness (QED) is 0.382. The summed E-state index contributed by atoms with van der Waals surface area (Å²) in [6, 6.07) is 0. The highest BCUT2D eigenvalue weighted by Crippen LogP contribution is 2.67. The lowest BCUT2D eigenvalue weighted by Crippen LogP contribution is -2.48. The average Bonchev–Trinajstić information content (AvgIpc) is 1.91. The van der Waals surface area contributed by atoms with E-state index < -0.39 is 23.9 Å². The van der Waals surface area contributed by atoms with E-state index in [2.05, 4.69) is 79.7 Å². The van der Waals surface area contributed by atoms with Crippen molar-refractivity contribution in [1.29, 1.82) is 0 Å². The van der Waals surface area contributed by atoms with Crippen LogP contribution in [0.1, 0.15) is 20.8 Å². The molecule has 0 aromatic heterocycles. The summed E-state index contributed by atoms with van der Waals surface area (Å²) in [5.41, 5.74) is 0. The average molecular weight is 351 g/mol. The van der Waals surface area contributed by atoms with Gasteiger partial charge in [0.2, 0.25) is 0 Å². The summed E-state index contributed by atoms with van der Waals surface area (Å²) >= 11 is 0. The van der Waals surface area contributed by atoms with Crippen LogP contribution >= 0.6 is 15.1 Å². The topological polar surface area (TPSA) is 0 Å². The van der Waals surface area contributed by atoms with Crippen molar-refractivity contribution in [2.24, 2.45) is 0 Å². The van der Waals surface area contributed by atoms with Gasteiger partial charge in [-0.2, -0.15) is 0 Å². The molecular formula is C14H36P2Si3. The smallest absolute Gasteiger partial charge is 0.0828 e. The van der Waals surface area contributed by atoms with Gasteiger partial charge in [0, 0.05) is 0 Å². The second kappa shape index (κ2) is 6.16. The maximum Gasteiger partial charge on any atom is 0.0828 e. The first-order valence-corrected chi connectivity index (χ1v) is 21.7. The molecule has 0 N–H and O–H groups in total. The Morgan fingerprint density at radius 1 is 0.737 bits per heavy atom. The molecule has 0 radical (unpaired) electrons. The Bertz CT molecular complexity index is 306. The fourth-order valence-electron chi connectivity index (χ4n) is 2.83. The molecule has 114 valence electrons. The highest BCUT2D eigenvalue weighted by molar-refractivity contribution is 8.39. The van der Waals surface area contributed by atoms with E-state index in [-0.39, 0.29) is 7.16 Å². The van der Waals surface area contributed by atoms with Gasteiger partial charge in [-0.15, -0.1) is 0 Å². The van der Waals surface area contributed by atoms with Crippen LogP contribution in [0.25, 0.3) is 0 Å².